The molecule has 160 valence electrons. The summed E-state index contributed by atoms with van der Waals surface area (Å²) in [5.41, 5.74) is 1.92. The molecule has 0 aliphatic carbocycles. The van der Waals surface area contributed by atoms with Crippen LogP contribution in [0.2, 0.25) is 0 Å². The number of nitrogens with zero attached hydrogens (tertiary/aromatic N) is 2. The summed E-state index contributed by atoms with van der Waals surface area (Å²) in [4.78, 5) is 29.0. The zero-order valence-corrected chi connectivity index (χ0v) is 18.4. The zero-order valence-electron chi connectivity index (χ0n) is 18.4. The van der Waals surface area contributed by atoms with Crippen molar-refractivity contribution in [3.8, 4) is 5.75 Å². The Hall–Kier alpha value is -2.24. The third kappa shape index (κ3) is 5.43. The van der Waals surface area contributed by atoms with Crippen molar-refractivity contribution >= 4 is 12.0 Å². The maximum atomic E-state index is 13.1. The Balaban J connectivity index is 1.53. The number of hydrogen-bond acceptors (Lipinski definition) is 4. The van der Waals surface area contributed by atoms with Crippen LogP contribution in [-0.4, -0.2) is 59.2 Å². The number of piperidine rings is 1. The van der Waals surface area contributed by atoms with E-state index < -0.39 is 11.6 Å². The summed E-state index contributed by atoms with van der Waals surface area (Å²) in [6, 6.07) is 5.76. The highest BCUT2D eigenvalue weighted by atomic mass is 16.6. The maximum Gasteiger partial charge on any atom is 0.410 e. The predicted molar refractivity (Wildman–Crippen MR) is 112 cm³/mol. The van der Waals surface area contributed by atoms with Gasteiger partial charge in [-0.05, 0) is 70.7 Å². The van der Waals surface area contributed by atoms with Crippen molar-refractivity contribution in [2.45, 2.75) is 78.0 Å². The monoisotopic (exact) mass is 402 g/mol. The van der Waals surface area contributed by atoms with Gasteiger partial charge in [0.15, 0.2) is 0 Å². The highest BCUT2D eigenvalue weighted by Gasteiger charge is 2.39. The highest BCUT2D eigenvalue weighted by Crippen LogP contribution is 2.26. The van der Waals surface area contributed by atoms with E-state index in [4.69, 9.17) is 9.47 Å². The fourth-order valence-corrected chi connectivity index (χ4v) is 3.95. The lowest BCUT2D eigenvalue weighted by molar-refractivity contribution is -0.137. The number of rotatable bonds is 3. The van der Waals surface area contributed by atoms with Crippen LogP contribution in [0.5, 0.6) is 5.75 Å². The summed E-state index contributed by atoms with van der Waals surface area (Å²) in [7, 11) is 0. The third-order valence-electron chi connectivity index (χ3n) is 5.70. The van der Waals surface area contributed by atoms with Crippen LogP contribution < -0.4 is 4.74 Å². The average Bonchev–Trinajstić information content (AvgIpc) is 3.13. The predicted octanol–water partition coefficient (Wildman–Crippen LogP) is 4.07. The van der Waals surface area contributed by atoms with Gasteiger partial charge in [0.1, 0.15) is 23.5 Å². The molecule has 2 amide bonds. The van der Waals surface area contributed by atoms with E-state index in [2.05, 4.69) is 26.0 Å². The molecular formula is C23H34N2O4. The van der Waals surface area contributed by atoms with Crippen molar-refractivity contribution in [3.05, 3.63) is 29.3 Å². The Morgan fingerprint density at radius 1 is 1.00 bits per heavy atom. The molecule has 0 saturated carbocycles. The highest BCUT2D eigenvalue weighted by molar-refractivity contribution is 5.86. The van der Waals surface area contributed by atoms with E-state index in [1.54, 1.807) is 4.90 Å². The molecule has 2 fully saturated rings. The molecule has 1 unspecified atom stereocenters. The largest absolute Gasteiger partial charge is 0.490 e. The van der Waals surface area contributed by atoms with Crippen LogP contribution in [-0.2, 0) is 9.53 Å². The van der Waals surface area contributed by atoms with Crippen LogP contribution in [0.15, 0.2) is 18.2 Å². The fourth-order valence-electron chi connectivity index (χ4n) is 3.95. The van der Waals surface area contributed by atoms with Crippen molar-refractivity contribution in [2.75, 3.05) is 19.6 Å². The summed E-state index contributed by atoms with van der Waals surface area (Å²) in [5.74, 6) is 0.933. The first-order valence-corrected chi connectivity index (χ1v) is 10.7. The van der Waals surface area contributed by atoms with Crippen LogP contribution in [0.1, 0.15) is 57.6 Å². The third-order valence-corrected chi connectivity index (χ3v) is 5.70. The minimum absolute atomic E-state index is 0.0398. The summed E-state index contributed by atoms with van der Waals surface area (Å²) in [6.07, 6.45) is 2.88. The second-order valence-corrected chi connectivity index (χ2v) is 9.22. The minimum Gasteiger partial charge on any atom is -0.490 e. The van der Waals surface area contributed by atoms with E-state index in [1.807, 2.05) is 31.7 Å². The summed E-state index contributed by atoms with van der Waals surface area (Å²) >= 11 is 0. The van der Waals surface area contributed by atoms with Crippen molar-refractivity contribution in [1.29, 1.82) is 0 Å². The molecule has 0 N–H and O–H groups in total. The second kappa shape index (κ2) is 8.64. The van der Waals surface area contributed by atoms with Gasteiger partial charge in [-0.25, -0.2) is 4.79 Å². The maximum absolute atomic E-state index is 13.1. The van der Waals surface area contributed by atoms with Gasteiger partial charge < -0.3 is 14.4 Å². The summed E-state index contributed by atoms with van der Waals surface area (Å²) < 4.78 is 11.6. The lowest BCUT2D eigenvalue weighted by atomic mass is 10.1. The quantitative estimate of drug-likeness (QED) is 0.765. The van der Waals surface area contributed by atoms with Gasteiger partial charge in [-0.1, -0.05) is 6.07 Å². The van der Waals surface area contributed by atoms with Crippen LogP contribution >= 0.6 is 0 Å². The lowest BCUT2D eigenvalue weighted by Gasteiger charge is -2.36. The Bertz CT molecular complexity index is 748. The molecule has 1 atom stereocenters. The van der Waals surface area contributed by atoms with Gasteiger partial charge in [0.2, 0.25) is 5.91 Å². The molecule has 1 aromatic rings. The molecule has 0 radical (unpaired) electrons. The van der Waals surface area contributed by atoms with Gasteiger partial charge in [0.05, 0.1) is 0 Å². The number of aryl methyl sites for hydroxylation is 2. The van der Waals surface area contributed by atoms with Crippen LogP contribution in [0.25, 0.3) is 0 Å². The van der Waals surface area contributed by atoms with E-state index in [1.165, 1.54) is 11.1 Å². The minimum atomic E-state index is -0.558. The van der Waals surface area contributed by atoms with E-state index in [9.17, 15) is 9.59 Å². The number of likely N-dealkylation sites (tertiary alicyclic amines) is 2. The van der Waals surface area contributed by atoms with Crippen molar-refractivity contribution in [2.24, 2.45) is 0 Å². The molecule has 3 rings (SSSR count). The molecule has 1 aromatic carbocycles. The molecule has 2 saturated heterocycles. The first kappa shape index (κ1) is 21.5. The van der Waals surface area contributed by atoms with E-state index >= 15 is 0 Å². The van der Waals surface area contributed by atoms with Gasteiger partial charge >= 0.3 is 6.09 Å². The fraction of sp³-hybridized carbons (Fsp3) is 0.652. The molecule has 2 aliphatic heterocycles. The molecular weight excluding hydrogens is 368 g/mol. The molecule has 0 bridgehead atoms. The number of ether oxygens (including phenoxy) is 2. The Kier molecular flexibility index (Phi) is 6.39. The molecule has 6 nitrogen and oxygen atoms in total. The number of amides is 2. The SMILES string of the molecule is Cc1ccc(OC2CCN(C(=O)C3CCCN3C(=O)OC(C)(C)C)CC2)cc1C. The molecule has 0 aromatic heterocycles. The number of carbonyl (C=O) groups excluding carboxylic acids is 2. The van der Waals surface area contributed by atoms with E-state index in [-0.39, 0.29) is 18.1 Å². The molecule has 2 heterocycles. The van der Waals surface area contributed by atoms with Crippen LogP contribution in [0.4, 0.5) is 4.79 Å². The normalized spacial score (nSPS) is 20.7. The average molecular weight is 403 g/mol. The summed E-state index contributed by atoms with van der Waals surface area (Å²) in [5, 5.41) is 0. The van der Waals surface area contributed by atoms with E-state index in [0.29, 0.717) is 26.1 Å². The number of carbonyl (C=O) groups is 2. The topological polar surface area (TPSA) is 59.1 Å². The van der Waals surface area contributed by atoms with Gasteiger partial charge in [-0.15, -0.1) is 0 Å². The number of hydrogen-bond donors (Lipinski definition) is 0. The first-order chi connectivity index (χ1) is 13.6. The molecule has 29 heavy (non-hydrogen) atoms. The van der Waals surface area contributed by atoms with Gasteiger partial charge in [0, 0.05) is 32.5 Å². The van der Waals surface area contributed by atoms with Crippen LogP contribution in [0.3, 0.4) is 0 Å². The second-order valence-electron chi connectivity index (χ2n) is 9.22. The van der Waals surface area contributed by atoms with Gasteiger partial charge in [-0.2, -0.15) is 0 Å². The van der Waals surface area contributed by atoms with Gasteiger partial charge in [0.25, 0.3) is 0 Å². The standard InChI is InChI=1S/C23H34N2O4/c1-16-8-9-19(15-17(16)2)28-18-10-13-24(14-11-18)21(26)20-7-6-12-25(20)22(27)29-23(3,4)5/h8-9,15,18,20H,6-7,10-14H2,1-5H3. The Morgan fingerprint density at radius 3 is 2.31 bits per heavy atom. The van der Waals surface area contributed by atoms with Crippen molar-refractivity contribution in [3.63, 3.8) is 0 Å². The van der Waals surface area contributed by atoms with Gasteiger partial charge in [-0.3, -0.25) is 9.69 Å². The van der Waals surface area contributed by atoms with Crippen molar-refractivity contribution in [1.82, 2.24) is 9.80 Å². The Morgan fingerprint density at radius 2 is 1.69 bits per heavy atom. The Labute approximate surface area is 174 Å². The lowest BCUT2D eigenvalue weighted by Crippen LogP contribution is -2.51. The van der Waals surface area contributed by atoms with E-state index in [0.717, 1.165) is 25.0 Å². The van der Waals surface area contributed by atoms with Crippen molar-refractivity contribution < 1.29 is 19.1 Å². The zero-order chi connectivity index (χ0) is 21.2. The molecule has 0 spiro atoms. The first-order valence-electron chi connectivity index (χ1n) is 10.7. The summed E-state index contributed by atoms with van der Waals surface area (Å²) in [6.45, 7) is 11.6. The molecule has 2 aliphatic rings. The molecule has 6 heteroatoms. The smallest absolute Gasteiger partial charge is 0.410 e. The number of benzene rings is 1. The van der Waals surface area contributed by atoms with Crippen LogP contribution in [0, 0.1) is 13.8 Å².